The lowest BCUT2D eigenvalue weighted by molar-refractivity contribution is 0.491. The van der Waals surface area contributed by atoms with Crippen LogP contribution in [0.5, 0.6) is 0 Å². The molecule has 6 rings (SSSR count). The summed E-state index contributed by atoms with van der Waals surface area (Å²) < 4.78 is 8.25. The van der Waals surface area contributed by atoms with Crippen molar-refractivity contribution in [2.45, 2.75) is 26.3 Å². The van der Waals surface area contributed by atoms with Gasteiger partial charge in [-0.25, -0.2) is 4.98 Å². The molecule has 2 heterocycles. The van der Waals surface area contributed by atoms with Crippen molar-refractivity contribution in [2.75, 3.05) is 11.9 Å². The fourth-order valence-corrected chi connectivity index (χ4v) is 5.69. The summed E-state index contributed by atoms with van der Waals surface area (Å²) in [6.07, 6.45) is 4.18. The second-order valence-electron chi connectivity index (χ2n) is 9.88. The van der Waals surface area contributed by atoms with Crippen molar-refractivity contribution in [1.82, 2.24) is 14.5 Å². The molecule has 0 amide bonds. The predicted octanol–water partition coefficient (Wildman–Crippen LogP) is 8.08. The van der Waals surface area contributed by atoms with Gasteiger partial charge in [-0.3, -0.25) is 0 Å². The van der Waals surface area contributed by atoms with E-state index < -0.39 is 5.54 Å². The molecule has 0 saturated heterocycles. The van der Waals surface area contributed by atoms with Gasteiger partial charge in [-0.15, -0.1) is 0 Å². The SMILES string of the molecule is CCNc1nc2ccc(C=Cc3nc(C)n(C(c4ccccc4)(c4ccccc4)c4ccccc4)c3C)cc2o1. The molecule has 0 bridgehead atoms. The Labute approximate surface area is 234 Å². The summed E-state index contributed by atoms with van der Waals surface area (Å²) >= 11 is 0. The molecule has 0 spiro atoms. The lowest BCUT2D eigenvalue weighted by Crippen LogP contribution is -2.39. The topological polar surface area (TPSA) is 55.9 Å². The van der Waals surface area contributed by atoms with E-state index in [0.717, 1.165) is 40.4 Å². The van der Waals surface area contributed by atoms with Gasteiger partial charge in [0.15, 0.2) is 5.58 Å². The second kappa shape index (κ2) is 10.7. The van der Waals surface area contributed by atoms with Gasteiger partial charge in [-0.05, 0) is 61.2 Å². The second-order valence-corrected chi connectivity index (χ2v) is 9.88. The van der Waals surface area contributed by atoms with Crippen LogP contribution < -0.4 is 5.32 Å². The fraction of sp³-hybridized carbons (Fsp3) is 0.143. The van der Waals surface area contributed by atoms with Crippen molar-refractivity contribution >= 4 is 29.3 Å². The zero-order chi connectivity index (χ0) is 27.5. The molecular formula is C35H32N4O. The highest BCUT2D eigenvalue weighted by atomic mass is 16.4. The number of anilines is 1. The highest BCUT2D eigenvalue weighted by Gasteiger charge is 2.40. The molecule has 0 aliphatic carbocycles. The van der Waals surface area contributed by atoms with E-state index in [1.807, 2.05) is 19.1 Å². The van der Waals surface area contributed by atoms with Crippen molar-refractivity contribution < 1.29 is 4.42 Å². The maximum Gasteiger partial charge on any atom is 0.295 e. The third-order valence-electron chi connectivity index (χ3n) is 7.40. The fourth-order valence-electron chi connectivity index (χ4n) is 5.69. The van der Waals surface area contributed by atoms with Gasteiger partial charge in [0.25, 0.3) is 6.01 Å². The summed E-state index contributed by atoms with van der Waals surface area (Å²) in [6, 6.07) is 38.7. The molecule has 6 aromatic rings. The van der Waals surface area contributed by atoms with Gasteiger partial charge < -0.3 is 14.3 Å². The Hall–Kier alpha value is -4.90. The summed E-state index contributed by atoms with van der Waals surface area (Å²) in [6.45, 7) is 7.04. The number of aromatic nitrogens is 3. The number of hydrogen-bond donors (Lipinski definition) is 1. The predicted molar refractivity (Wildman–Crippen MR) is 163 cm³/mol. The molecular weight excluding hydrogens is 492 g/mol. The Kier molecular flexibility index (Phi) is 6.79. The summed E-state index contributed by atoms with van der Waals surface area (Å²) in [5, 5.41) is 3.14. The van der Waals surface area contributed by atoms with E-state index in [2.05, 4.69) is 138 Å². The number of aryl methyl sites for hydroxylation is 1. The Morgan fingerprint density at radius 1 is 0.750 bits per heavy atom. The van der Waals surface area contributed by atoms with E-state index in [9.17, 15) is 0 Å². The van der Waals surface area contributed by atoms with Gasteiger partial charge in [0.1, 0.15) is 16.9 Å². The van der Waals surface area contributed by atoms with Crippen LogP contribution in [0.1, 0.15) is 46.4 Å². The van der Waals surface area contributed by atoms with Gasteiger partial charge in [0.2, 0.25) is 0 Å². The van der Waals surface area contributed by atoms with E-state index in [1.54, 1.807) is 0 Å². The first-order valence-electron chi connectivity index (χ1n) is 13.7. The molecule has 5 heteroatoms. The molecule has 1 N–H and O–H groups in total. The van der Waals surface area contributed by atoms with Crippen LogP contribution in [0.25, 0.3) is 23.3 Å². The molecule has 0 aliphatic heterocycles. The summed E-state index contributed by atoms with van der Waals surface area (Å²) in [5.41, 5.74) is 7.57. The molecule has 5 nitrogen and oxygen atoms in total. The van der Waals surface area contributed by atoms with E-state index in [4.69, 9.17) is 9.40 Å². The number of benzene rings is 4. The van der Waals surface area contributed by atoms with Crippen molar-refractivity contribution in [3.05, 3.63) is 149 Å². The Morgan fingerprint density at radius 3 is 1.88 bits per heavy atom. The average molecular weight is 525 g/mol. The normalized spacial score (nSPS) is 11.9. The van der Waals surface area contributed by atoms with Crippen molar-refractivity contribution in [3.8, 4) is 0 Å². The largest absolute Gasteiger partial charge is 0.424 e. The third kappa shape index (κ3) is 4.39. The van der Waals surface area contributed by atoms with Gasteiger partial charge in [0.05, 0.1) is 5.69 Å². The molecule has 2 aromatic heterocycles. The summed E-state index contributed by atoms with van der Waals surface area (Å²) in [4.78, 5) is 9.58. The molecule has 0 saturated carbocycles. The molecule has 0 unspecified atom stereocenters. The van der Waals surface area contributed by atoms with Crippen LogP contribution >= 0.6 is 0 Å². The van der Waals surface area contributed by atoms with Gasteiger partial charge in [0, 0.05) is 12.2 Å². The molecule has 198 valence electrons. The highest BCUT2D eigenvalue weighted by Crippen LogP contribution is 2.43. The monoisotopic (exact) mass is 524 g/mol. The van der Waals surface area contributed by atoms with Gasteiger partial charge in [-0.2, -0.15) is 4.98 Å². The van der Waals surface area contributed by atoms with E-state index >= 15 is 0 Å². The van der Waals surface area contributed by atoms with Crippen LogP contribution in [0.4, 0.5) is 6.01 Å². The average Bonchev–Trinajstić information content (AvgIpc) is 3.53. The number of nitrogens with zero attached hydrogens (tertiary/aromatic N) is 3. The first-order valence-corrected chi connectivity index (χ1v) is 13.7. The summed E-state index contributed by atoms with van der Waals surface area (Å²) in [7, 11) is 0. The Bertz CT molecular complexity index is 1670. The van der Waals surface area contributed by atoms with Crippen LogP contribution in [-0.2, 0) is 5.54 Å². The molecule has 0 fully saturated rings. The molecule has 4 aromatic carbocycles. The lowest BCUT2D eigenvalue weighted by Gasteiger charge is -2.39. The van der Waals surface area contributed by atoms with Crippen molar-refractivity contribution in [1.29, 1.82) is 0 Å². The first kappa shape index (κ1) is 25.4. The van der Waals surface area contributed by atoms with Crippen LogP contribution in [-0.4, -0.2) is 21.1 Å². The minimum atomic E-state index is -0.599. The number of fused-ring (bicyclic) bond motifs is 1. The number of imidazole rings is 1. The van der Waals surface area contributed by atoms with Crippen LogP contribution in [0.15, 0.2) is 114 Å². The standard InChI is InChI=1S/C35H32N4O/c1-4-36-34-38-32-23-21-27(24-33(32)40-34)20-22-31-25(2)39(26(3)37-31)35(28-14-8-5-9-15-28,29-16-10-6-11-17-29)30-18-12-7-13-19-30/h5-24H,4H2,1-3H3,(H,36,38). The highest BCUT2D eigenvalue weighted by molar-refractivity contribution is 5.80. The molecule has 0 radical (unpaired) electrons. The number of nitrogens with one attached hydrogen (secondary N) is 1. The van der Waals surface area contributed by atoms with E-state index in [1.165, 1.54) is 16.7 Å². The maximum absolute atomic E-state index is 5.86. The molecule has 0 aliphatic rings. The minimum absolute atomic E-state index is 0.544. The van der Waals surface area contributed by atoms with Crippen molar-refractivity contribution in [2.24, 2.45) is 0 Å². The van der Waals surface area contributed by atoms with Crippen LogP contribution in [0.2, 0.25) is 0 Å². The van der Waals surface area contributed by atoms with Crippen LogP contribution in [0, 0.1) is 13.8 Å². The van der Waals surface area contributed by atoms with Crippen molar-refractivity contribution in [3.63, 3.8) is 0 Å². The smallest absolute Gasteiger partial charge is 0.295 e. The molecule has 0 atom stereocenters. The van der Waals surface area contributed by atoms with Gasteiger partial charge >= 0.3 is 0 Å². The number of rotatable bonds is 8. The van der Waals surface area contributed by atoms with Gasteiger partial charge in [-0.1, -0.05) is 103 Å². The van der Waals surface area contributed by atoms with E-state index in [0.29, 0.717) is 6.01 Å². The minimum Gasteiger partial charge on any atom is -0.424 e. The first-order chi connectivity index (χ1) is 19.6. The summed E-state index contributed by atoms with van der Waals surface area (Å²) in [5.74, 6) is 0.940. The third-order valence-corrected chi connectivity index (χ3v) is 7.40. The maximum atomic E-state index is 5.86. The number of hydrogen-bond acceptors (Lipinski definition) is 4. The quantitative estimate of drug-likeness (QED) is 0.205. The van der Waals surface area contributed by atoms with Crippen LogP contribution in [0.3, 0.4) is 0 Å². The lowest BCUT2D eigenvalue weighted by atomic mass is 9.76. The zero-order valence-electron chi connectivity index (χ0n) is 23.0. The van der Waals surface area contributed by atoms with E-state index in [-0.39, 0.29) is 0 Å². The zero-order valence-corrected chi connectivity index (χ0v) is 23.0. The Balaban J connectivity index is 1.51. The number of oxazole rings is 1. The molecule has 40 heavy (non-hydrogen) atoms. The Morgan fingerprint density at radius 2 is 1.32 bits per heavy atom.